The normalized spacial score (nSPS) is 11.3. The van der Waals surface area contributed by atoms with E-state index in [0.717, 1.165) is 38.9 Å². The van der Waals surface area contributed by atoms with Crippen molar-refractivity contribution in [1.82, 2.24) is 0 Å². The first-order chi connectivity index (χ1) is 16.2. The number of hydrogen-bond donors (Lipinski definition) is 1. The summed E-state index contributed by atoms with van der Waals surface area (Å²) in [5, 5.41) is 4.91. The van der Waals surface area contributed by atoms with Gasteiger partial charge in [-0.1, -0.05) is 48.5 Å². The Kier molecular flexibility index (Phi) is 6.51. The summed E-state index contributed by atoms with van der Waals surface area (Å²) in [6.45, 7) is 7.69. The number of fused-ring (bicyclic) bond motifs is 1. The summed E-state index contributed by atoms with van der Waals surface area (Å²) in [5.74, 6) is 0.713. The fraction of sp³-hybridized carbons (Fsp3) is 0.200. The molecule has 0 aliphatic heterocycles. The average Bonchev–Trinajstić information content (AvgIpc) is 2.82. The summed E-state index contributed by atoms with van der Waals surface area (Å²) in [4.78, 5) is 24.7. The van der Waals surface area contributed by atoms with Crippen LogP contribution in [0.25, 0.3) is 21.9 Å². The number of ketones is 1. The molecule has 4 aromatic carbocycles. The number of aryl methyl sites for hydroxylation is 1. The number of nitrogens with one attached hydrogen (secondary N) is 1. The van der Waals surface area contributed by atoms with Crippen LogP contribution in [0.1, 0.15) is 36.7 Å². The molecule has 0 heterocycles. The van der Waals surface area contributed by atoms with Gasteiger partial charge in [0.1, 0.15) is 18.1 Å². The topological polar surface area (TPSA) is 55.4 Å². The molecule has 0 aromatic heterocycles. The van der Waals surface area contributed by atoms with Crippen LogP contribution in [0.4, 0.5) is 5.69 Å². The van der Waals surface area contributed by atoms with Crippen LogP contribution < -0.4 is 10.1 Å². The molecule has 0 aliphatic carbocycles. The van der Waals surface area contributed by atoms with E-state index in [1.807, 2.05) is 93.6 Å². The van der Waals surface area contributed by atoms with Crippen LogP contribution in [0, 0.1) is 12.3 Å². The van der Waals surface area contributed by atoms with Crippen molar-refractivity contribution in [2.45, 2.75) is 27.7 Å². The lowest BCUT2D eigenvalue weighted by molar-refractivity contribution is -0.126. The van der Waals surface area contributed by atoms with Gasteiger partial charge in [0.05, 0.1) is 5.41 Å². The fourth-order valence-electron chi connectivity index (χ4n) is 3.72. The Bertz CT molecular complexity index is 1340. The zero-order valence-electron chi connectivity index (χ0n) is 20.0. The number of para-hydroxylation sites is 1. The van der Waals surface area contributed by atoms with Crippen molar-refractivity contribution in [3.05, 3.63) is 96.1 Å². The third-order valence-corrected chi connectivity index (χ3v) is 6.11. The minimum Gasteiger partial charge on any atom is -0.493 e. The van der Waals surface area contributed by atoms with Gasteiger partial charge in [-0.3, -0.25) is 9.59 Å². The Balaban J connectivity index is 1.58. The van der Waals surface area contributed by atoms with Gasteiger partial charge >= 0.3 is 0 Å². The first kappa shape index (κ1) is 23.2. The van der Waals surface area contributed by atoms with Crippen molar-refractivity contribution in [3.8, 4) is 16.9 Å². The predicted octanol–water partition coefficient (Wildman–Crippen LogP) is 7.06. The number of amides is 1. The Labute approximate surface area is 200 Å². The van der Waals surface area contributed by atoms with Crippen LogP contribution in [0.5, 0.6) is 5.75 Å². The van der Waals surface area contributed by atoms with Crippen LogP contribution >= 0.6 is 0 Å². The highest BCUT2D eigenvalue weighted by Crippen LogP contribution is 2.30. The molecule has 34 heavy (non-hydrogen) atoms. The minimum absolute atomic E-state index is 0.104. The maximum atomic E-state index is 13.0. The molecular formula is C30H29NO3. The van der Waals surface area contributed by atoms with E-state index in [0.29, 0.717) is 12.2 Å². The molecule has 0 atom stereocenters. The Morgan fingerprint density at radius 1 is 0.853 bits per heavy atom. The second kappa shape index (κ2) is 9.52. The van der Waals surface area contributed by atoms with E-state index in [1.54, 1.807) is 6.92 Å². The number of hydrogen-bond acceptors (Lipinski definition) is 3. The van der Waals surface area contributed by atoms with E-state index in [9.17, 15) is 9.59 Å². The lowest BCUT2D eigenvalue weighted by Gasteiger charge is -2.21. The first-order valence-corrected chi connectivity index (χ1v) is 11.4. The van der Waals surface area contributed by atoms with Crippen LogP contribution in [0.15, 0.2) is 84.9 Å². The van der Waals surface area contributed by atoms with E-state index < -0.39 is 5.41 Å². The number of benzene rings is 4. The van der Waals surface area contributed by atoms with Gasteiger partial charge in [-0.25, -0.2) is 0 Å². The number of carbonyl (C=O) groups is 2. The summed E-state index contributed by atoms with van der Waals surface area (Å²) < 4.78 is 5.83. The van der Waals surface area contributed by atoms with E-state index >= 15 is 0 Å². The lowest BCUT2D eigenvalue weighted by Crippen LogP contribution is -2.28. The number of carbonyl (C=O) groups excluding carboxylic acids is 2. The second-order valence-electron chi connectivity index (χ2n) is 9.32. The van der Waals surface area contributed by atoms with Crippen molar-refractivity contribution in [1.29, 1.82) is 0 Å². The van der Waals surface area contributed by atoms with E-state index in [-0.39, 0.29) is 11.7 Å². The smallest absolute Gasteiger partial charge is 0.256 e. The standard InChI is InChI=1S/C30H29NO3/c1-20-16-24-18-23(22-10-13-26(14-11-22)34-19-30(3,4)21(2)32)12-15-27(24)28(17-20)29(33)31-25-8-6-5-7-9-25/h5-18H,19H2,1-4H3,(H,31,33). The highest BCUT2D eigenvalue weighted by Gasteiger charge is 2.24. The first-order valence-electron chi connectivity index (χ1n) is 11.4. The highest BCUT2D eigenvalue weighted by atomic mass is 16.5. The van der Waals surface area contributed by atoms with Crippen LogP contribution in [-0.4, -0.2) is 18.3 Å². The number of rotatable bonds is 7. The molecule has 0 radical (unpaired) electrons. The molecule has 172 valence electrons. The fourth-order valence-corrected chi connectivity index (χ4v) is 3.72. The summed E-state index contributed by atoms with van der Waals surface area (Å²) in [6, 6.07) is 27.5. The molecule has 1 N–H and O–H groups in total. The van der Waals surface area contributed by atoms with Crippen LogP contribution in [-0.2, 0) is 4.79 Å². The second-order valence-corrected chi connectivity index (χ2v) is 9.32. The van der Waals surface area contributed by atoms with Crippen molar-refractivity contribution in [2.75, 3.05) is 11.9 Å². The van der Waals surface area contributed by atoms with Gasteiger partial charge < -0.3 is 10.1 Å². The molecular weight excluding hydrogens is 422 g/mol. The molecule has 4 nitrogen and oxygen atoms in total. The van der Waals surface area contributed by atoms with Gasteiger partial charge in [0.25, 0.3) is 5.91 Å². The van der Waals surface area contributed by atoms with E-state index in [1.165, 1.54) is 0 Å². The molecule has 4 heteroatoms. The molecule has 0 saturated heterocycles. The summed E-state index contributed by atoms with van der Waals surface area (Å²) in [7, 11) is 0. The number of anilines is 1. The maximum Gasteiger partial charge on any atom is 0.256 e. The van der Waals surface area contributed by atoms with Crippen molar-refractivity contribution < 1.29 is 14.3 Å². The third kappa shape index (κ3) is 5.18. The molecule has 4 aromatic rings. The van der Waals surface area contributed by atoms with Crippen molar-refractivity contribution in [2.24, 2.45) is 5.41 Å². The number of ether oxygens (including phenoxy) is 1. The van der Waals surface area contributed by atoms with Gasteiger partial charge in [0.2, 0.25) is 0 Å². The molecule has 0 fully saturated rings. The SMILES string of the molecule is CC(=O)C(C)(C)COc1ccc(-c2ccc3c(C(=O)Nc4ccccc4)cc(C)cc3c2)cc1. The quantitative estimate of drug-likeness (QED) is 0.327. The van der Waals surface area contributed by atoms with Gasteiger partial charge in [-0.15, -0.1) is 0 Å². The zero-order chi connectivity index (χ0) is 24.3. The summed E-state index contributed by atoms with van der Waals surface area (Å²) in [6.07, 6.45) is 0. The van der Waals surface area contributed by atoms with Gasteiger partial charge in [-0.05, 0) is 91.6 Å². The molecule has 0 saturated carbocycles. The van der Waals surface area contributed by atoms with E-state index in [2.05, 4.69) is 17.4 Å². The van der Waals surface area contributed by atoms with Gasteiger partial charge in [0.15, 0.2) is 0 Å². The Hall–Kier alpha value is -3.92. The summed E-state index contributed by atoms with van der Waals surface area (Å²) >= 11 is 0. The summed E-state index contributed by atoms with van der Waals surface area (Å²) in [5.41, 5.74) is 4.05. The molecule has 0 bridgehead atoms. The minimum atomic E-state index is -0.514. The van der Waals surface area contributed by atoms with Gasteiger partial charge in [-0.2, -0.15) is 0 Å². The molecule has 1 amide bonds. The predicted molar refractivity (Wildman–Crippen MR) is 138 cm³/mol. The van der Waals surface area contributed by atoms with Crippen LogP contribution in [0.3, 0.4) is 0 Å². The molecule has 0 unspecified atom stereocenters. The van der Waals surface area contributed by atoms with E-state index in [4.69, 9.17) is 4.74 Å². The Morgan fingerprint density at radius 3 is 2.21 bits per heavy atom. The lowest BCUT2D eigenvalue weighted by atomic mass is 9.90. The van der Waals surface area contributed by atoms with Crippen LogP contribution in [0.2, 0.25) is 0 Å². The highest BCUT2D eigenvalue weighted by molar-refractivity contribution is 6.13. The maximum absolute atomic E-state index is 13.0. The van der Waals surface area contributed by atoms with Gasteiger partial charge in [0, 0.05) is 11.3 Å². The zero-order valence-corrected chi connectivity index (χ0v) is 20.0. The molecule has 4 rings (SSSR count). The monoisotopic (exact) mass is 451 g/mol. The Morgan fingerprint density at radius 2 is 1.53 bits per heavy atom. The number of Topliss-reactive ketones (excluding diaryl/α,β-unsaturated/α-hetero) is 1. The molecule has 0 aliphatic rings. The average molecular weight is 452 g/mol. The largest absolute Gasteiger partial charge is 0.493 e. The third-order valence-electron chi connectivity index (χ3n) is 6.11. The van der Waals surface area contributed by atoms with Crippen molar-refractivity contribution >= 4 is 28.2 Å². The van der Waals surface area contributed by atoms with Crippen molar-refractivity contribution in [3.63, 3.8) is 0 Å². The molecule has 0 spiro atoms.